The predicted molar refractivity (Wildman–Crippen MR) is 78.5 cm³/mol. The molecule has 144 valence electrons. The number of carbonyl (C=O) groups excluding carboxylic acids is 2. The van der Waals surface area contributed by atoms with Crippen LogP contribution in [0.25, 0.3) is 0 Å². The topological polar surface area (TPSA) is 110 Å². The van der Waals surface area contributed by atoms with Gasteiger partial charge < -0.3 is 9.84 Å². The molecule has 25 heavy (non-hydrogen) atoms. The molecule has 0 unspecified atom stereocenters. The van der Waals surface area contributed by atoms with Gasteiger partial charge in [0.2, 0.25) is 10.0 Å². The second-order valence-corrected chi connectivity index (χ2v) is 8.95. The minimum absolute atomic E-state index is 0.0442. The first-order chi connectivity index (χ1) is 11.1. The molecule has 2 rings (SSSR count). The number of alkyl halides is 3. The lowest BCUT2D eigenvalue weighted by Crippen LogP contribution is -2.65. The number of esters is 1. The number of Topliss-reactive ketones (excluding diaryl/α,β-unsaturated/α-hetero) is 1. The minimum atomic E-state index is -5.64. The summed E-state index contributed by atoms with van der Waals surface area (Å²) in [5.74, 6) is -3.51. The Bertz CT molecular complexity index is 704. The molecule has 0 aromatic rings. The van der Waals surface area contributed by atoms with Crippen LogP contribution in [0.5, 0.6) is 0 Å². The molecule has 11 heteroatoms. The van der Waals surface area contributed by atoms with Crippen LogP contribution in [0.3, 0.4) is 0 Å². The van der Waals surface area contributed by atoms with Crippen LogP contribution in [0.1, 0.15) is 33.1 Å². The number of fused-ring (bicyclic) bond motifs is 2. The van der Waals surface area contributed by atoms with Gasteiger partial charge in [0.15, 0.2) is 0 Å². The highest BCUT2D eigenvalue weighted by Gasteiger charge is 2.67. The molecule has 0 radical (unpaired) electrons. The van der Waals surface area contributed by atoms with E-state index in [0.29, 0.717) is 13.5 Å². The summed E-state index contributed by atoms with van der Waals surface area (Å²) in [4.78, 5) is 23.7. The van der Waals surface area contributed by atoms with Crippen molar-refractivity contribution in [2.75, 3.05) is 12.9 Å². The van der Waals surface area contributed by atoms with Crippen molar-refractivity contribution in [3.05, 3.63) is 0 Å². The van der Waals surface area contributed by atoms with Gasteiger partial charge in [-0.15, -0.1) is 0 Å². The molecule has 2 bridgehead atoms. The molecular formula is C14H20F3NO6S. The first kappa shape index (κ1) is 20.1. The second-order valence-electron chi connectivity index (χ2n) is 7.23. The number of nitrogens with one attached hydrogen (secondary N) is 1. The maximum Gasteiger partial charge on any atom is 0.443 e. The Morgan fingerprint density at radius 2 is 1.96 bits per heavy atom. The van der Waals surface area contributed by atoms with Crippen LogP contribution in [0, 0.1) is 16.7 Å². The summed E-state index contributed by atoms with van der Waals surface area (Å²) in [5.41, 5.74) is -6.46. The van der Waals surface area contributed by atoms with Crippen LogP contribution in [0.4, 0.5) is 13.2 Å². The predicted octanol–water partition coefficient (Wildman–Crippen LogP) is 0.725. The number of ketones is 1. The summed E-state index contributed by atoms with van der Waals surface area (Å²) in [5, 5.41) is 9.61. The number of sulfonamides is 1. The normalized spacial score (nSPS) is 31.0. The molecule has 2 aliphatic rings. The molecule has 2 N–H and O–H groups in total. The summed E-state index contributed by atoms with van der Waals surface area (Å²) < 4.78 is 68.7. The summed E-state index contributed by atoms with van der Waals surface area (Å²) in [6.07, 6.45) is -4.65. The average Bonchev–Trinajstić information content (AvgIpc) is 2.78. The fraction of sp³-hybridized carbons (Fsp3) is 0.857. The van der Waals surface area contributed by atoms with E-state index in [1.165, 1.54) is 0 Å². The van der Waals surface area contributed by atoms with E-state index in [4.69, 9.17) is 0 Å². The Morgan fingerprint density at radius 3 is 2.32 bits per heavy atom. The molecule has 3 atom stereocenters. The maximum absolute atomic E-state index is 13.1. The van der Waals surface area contributed by atoms with Gasteiger partial charge in [-0.25, -0.2) is 13.2 Å². The summed E-state index contributed by atoms with van der Waals surface area (Å²) in [6, 6.07) is 0. The third kappa shape index (κ3) is 2.85. The van der Waals surface area contributed by atoms with Gasteiger partial charge in [0, 0.05) is 11.8 Å². The number of ether oxygens (including phenoxy) is 1. The number of hydrogen-bond acceptors (Lipinski definition) is 6. The largest absolute Gasteiger partial charge is 0.466 e. The Labute approximate surface area is 143 Å². The van der Waals surface area contributed by atoms with Gasteiger partial charge in [-0.05, 0) is 24.2 Å². The van der Waals surface area contributed by atoms with E-state index in [-0.39, 0.29) is 24.5 Å². The zero-order valence-corrected chi connectivity index (χ0v) is 14.8. The SMILES string of the molecule is COC(=O)[C@](O)(NS(=O)(=O)C[C@]12CC[C@H](CC1=O)C2(C)C)C(F)(F)F. The Kier molecular flexibility index (Phi) is 4.54. The van der Waals surface area contributed by atoms with Crippen LogP contribution in [0.2, 0.25) is 0 Å². The molecule has 7 nitrogen and oxygen atoms in total. The van der Waals surface area contributed by atoms with Crippen molar-refractivity contribution in [3.8, 4) is 0 Å². The van der Waals surface area contributed by atoms with Crippen molar-refractivity contribution in [2.45, 2.75) is 45.0 Å². The Balaban J connectivity index is 2.37. The van der Waals surface area contributed by atoms with Gasteiger partial charge in [-0.2, -0.15) is 17.9 Å². The molecule has 0 aromatic carbocycles. The number of methoxy groups -OCH3 is 1. The third-order valence-corrected chi connectivity index (χ3v) is 7.25. The zero-order chi connectivity index (χ0) is 19.5. The van der Waals surface area contributed by atoms with Gasteiger partial charge in [0.1, 0.15) is 5.78 Å². The number of carbonyl (C=O) groups is 2. The van der Waals surface area contributed by atoms with Crippen molar-refractivity contribution in [1.29, 1.82) is 0 Å². The van der Waals surface area contributed by atoms with Gasteiger partial charge >= 0.3 is 17.9 Å². The highest BCUT2D eigenvalue weighted by atomic mass is 32.2. The molecule has 2 saturated carbocycles. The molecule has 0 aromatic heterocycles. The average molecular weight is 387 g/mol. The monoisotopic (exact) mass is 387 g/mol. The van der Waals surface area contributed by atoms with E-state index >= 15 is 0 Å². The highest BCUT2D eigenvalue weighted by Crippen LogP contribution is 2.64. The molecule has 2 fully saturated rings. The third-order valence-electron chi connectivity index (χ3n) is 5.77. The van der Waals surface area contributed by atoms with Gasteiger partial charge in [-0.3, -0.25) is 4.79 Å². The zero-order valence-electron chi connectivity index (χ0n) is 13.9. The quantitative estimate of drug-likeness (QED) is 0.532. The van der Waals surface area contributed by atoms with Crippen molar-refractivity contribution < 1.29 is 41.0 Å². The lowest BCUT2D eigenvalue weighted by Gasteiger charge is -2.37. The number of hydrogen-bond donors (Lipinski definition) is 2. The lowest BCUT2D eigenvalue weighted by atomic mass is 9.70. The van der Waals surface area contributed by atoms with Crippen LogP contribution in [-0.2, 0) is 24.3 Å². The van der Waals surface area contributed by atoms with E-state index < -0.39 is 44.5 Å². The van der Waals surface area contributed by atoms with Crippen LogP contribution in [0.15, 0.2) is 0 Å². The van der Waals surface area contributed by atoms with Gasteiger partial charge in [0.25, 0.3) is 0 Å². The van der Waals surface area contributed by atoms with Crippen molar-refractivity contribution in [1.82, 2.24) is 4.72 Å². The van der Waals surface area contributed by atoms with E-state index in [1.54, 1.807) is 13.8 Å². The standard InChI is InChI=1S/C14H20F3NO6S/c1-11(2)8-4-5-12(11,9(19)6-8)7-25(22,23)18-13(21,10(20)24-3)14(15,16)17/h8,18,21H,4-7H2,1-3H3/t8-,12-,13-/m1/s1. The minimum Gasteiger partial charge on any atom is -0.466 e. The Hall–Kier alpha value is -1.20. The molecule has 2 aliphatic carbocycles. The second kappa shape index (κ2) is 5.65. The van der Waals surface area contributed by atoms with E-state index in [0.717, 1.165) is 4.72 Å². The van der Waals surface area contributed by atoms with Crippen molar-refractivity contribution >= 4 is 21.8 Å². The summed E-state index contributed by atoms with van der Waals surface area (Å²) >= 11 is 0. The molecule has 0 aliphatic heterocycles. The van der Waals surface area contributed by atoms with Crippen LogP contribution >= 0.6 is 0 Å². The summed E-state index contributed by atoms with van der Waals surface area (Å²) in [7, 11) is -4.27. The smallest absolute Gasteiger partial charge is 0.443 e. The molecule has 0 heterocycles. The van der Waals surface area contributed by atoms with Gasteiger partial charge in [0.05, 0.1) is 12.9 Å². The van der Waals surface area contributed by atoms with Crippen molar-refractivity contribution in [2.24, 2.45) is 16.7 Å². The number of aliphatic hydroxyl groups is 1. The Morgan fingerprint density at radius 1 is 1.40 bits per heavy atom. The number of halogens is 3. The van der Waals surface area contributed by atoms with Gasteiger partial charge in [-0.1, -0.05) is 13.8 Å². The molecule has 0 spiro atoms. The van der Waals surface area contributed by atoms with Crippen LogP contribution < -0.4 is 4.72 Å². The van der Waals surface area contributed by atoms with E-state index in [2.05, 4.69) is 4.74 Å². The van der Waals surface area contributed by atoms with Crippen LogP contribution in [-0.4, -0.2) is 50.0 Å². The summed E-state index contributed by atoms with van der Waals surface area (Å²) in [6.45, 7) is 3.42. The fourth-order valence-electron chi connectivity index (χ4n) is 4.06. The maximum atomic E-state index is 13.1. The fourth-order valence-corrected chi connectivity index (χ4v) is 6.10. The van der Waals surface area contributed by atoms with E-state index in [9.17, 15) is 36.3 Å². The van der Waals surface area contributed by atoms with Crippen molar-refractivity contribution in [3.63, 3.8) is 0 Å². The lowest BCUT2D eigenvalue weighted by molar-refractivity contribution is -0.265. The highest BCUT2D eigenvalue weighted by molar-refractivity contribution is 7.89. The first-order valence-electron chi connectivity index (χ1n) is 7.55. The molecular weight excluding hydrogens is 367 g/mol. The van der Waals surface area contributed by atoms with E-state index in [1.807, 2.05) is 0 Å². The first-order valence-corrected chi connectivity index (χ1v) is 9.21. The molecule has 0 amide bonds. The molecule has 0 saturated heterocycles. The number of rotatable bonds is 5.